The highest BCUT2D eigenvalue weighted by molar-refractivity contribution is 7.99. The van der Waals surface area contributed by atoms with Gasteiger partial charge in [0.15, 0.2) is 10.8 Å². The number of hydrogen-bond acceptors (Lipinski definition) is 5. The molecule has 0 radical (unpaired) electrons. The summed E-state index contributed by atoms with van der Waals surface area (Å²) in [5.41, 5.74) is 0.400. The summed E-state index contributed by atoms with van der Waals surface area (Å²) < 4.78 is 1.65. The van der Waals surface area contributed by atoms with Crippen LogP contribution in [0.25, 0.3) is 11.0 Å². The molecule has 0 spiro atoms. The normalized spacial score (nSPS) is 21.4. The van der Waals surface area contributed by atoms with Crippen molar-refractivity contribution in [2.24, 2.45) is 0 Å². The van der Waals surface area contributed by atoms with Crippen LogP contribution in [0.1, 0.15) is 38.1 Å². The monoisotopic (exact) mass is 319 g/mol. The maximum absolute atomic E-state index is 12.5. The number of nitrogens with zero attached hydrogens (tertiary/aromatic N) is 3. The maximum Gasteiger partial charge on any atom is 0.265 e. The fraction of sp³-hybridized carbons (Fsp3) is 0.571. The highest BCUT2D eigenvalue weighted by Gasteiger charge is 2.29. The molecule has 1 unspecified atom stereocenters. The van der Waals surface area contributed by atoms with Gasteiger partial charge in [-0.3, -0.25) is 19.3 Å². The molecule has 1 saturated carbocycles. The van der Waals surface area contributed by atoms with Crippen LogP contribution >= 0.6 is 11.8 Å². The second kappa shape index (κ2) is 5.42. The molecule has 1 aliphatic heterocycles. The van der Waals surface area contributed by atoms with Crippen molar-refractivity contribution in [3.63, 3.8) is 0 Å². The summed E-state index contributed by atoms with van der Waals surface area (Å²) in [5.74, 6) is 0.741. The average molecular weight is 319 g/mol. The van der Waals surface area contributed by atoms with Crippen LogP contribution in [0, 0.1) is 0 Å². The molecule has 2 aliphatic rings. The maximum atomic E-state index is 12.5. The average Bonchev–Trinajstić information content (AvgIpc) is 3.20. The highest BCUT2D eigenvalue weighted by atomic mass is 32.2. The summed E-state index contributed by atoms with van der Waals surface area (Å²) in [6, 6.07) is 0.188. The summed E-state index contributed by atoms with van der Waals surface area (Å²) in [4.78, 5) is 29.2. The highest BCUT2D eigenvalue weighted by Crippen LogP contribution is 2.32. The minimum Gasteiger partial charge on any atom is -0.353 e. The standard InChI is InChI=1S/C14H17N5O2S/c20-11(16-8-3-1-2-4-8)5-9-7-22-14-17-12-10(6-15-18-12)13(21)19(9)14/h6,8-9H,1-5,7H2,(H,15,18)(H,16,20). The van der Waals surface area contributed by atoms with Gasteiger partial charge in [0.25, 0.3) is 5.56 Å². The molecule has 8 heteroatoms. The zero-order valence-corrected chi connectivity index (χ0v) is 12.9. The number of amides is 1. The van der Waals surface area contributed by atoms with Gasteiger partial charge in [-0.1, -0.05) is 24.6 Å². The first-order valence-corrected chi connectivity index (χ1v) is 8.58. The van der Waals surface area contributed by atoms with Gasteiger partial charge in [-0.05, 0) is 12.8 Å². The SMILES string of the molecule is O=C(CC1CSc2nc3[nH]ncc3c(=O)n21)NC1CCCC1. The fourth-order valence-corrected chi connectivity index (χ4v) is 4.41. The Morgan fingerprint density at radius 3 is 3.09 bits per heavy atom. The van der Waals surface area contributed by atoms with Crippen LogP contribution < -0.4 is 10.9 Å². The van der Waals surface area contributed by atoms with Gasteiger partial charge in [0.2, 0.25) is 5.91 Å². The lowest BCUT2D eigenvalue weighted by Gasteiger charge is -2.16. The summed E-state index contributed by atoms with van der Waals surface area (Å²) in [6.07, 6.45) is 6.35. The van der Waals surface area contributed by atoms with Crippen LogP contribution in [0.3, 0.4) is 0 Å². The molecule has 116 valence electrons. The molecule has 2 aromatic heterocycles. The van der Waals surface area contributed by atoms with E-state index < -0.39 is 0 Å². The molecule has 1 atom stereocenters. The molecule has 0 bridgehead atoms. The van der Waals surface area contributed by atoms with Crippen LogP contribution in [0.15, 0.2) is 16.1 Å². The van der Waals surface area contributed by atoms with Crippen molar-refractivity contribution in [3.8, 4) is 0 Å². The zero-order chi connectivity index (χ0) is 15.1. The molecule has 3 heterocycles. The Labute approximate surface area is 130 Å². The molecule has 0 saturated heterocycles. The first-order chi connectivity index (χ1) is 10.7. The zero-order valence-electron chi connectivity index (χ0n) is 12.0. The number of H-pyrrole nitrogens is 1. The first kappa shape index (κ1) is 13.8. The van der Waals surface area contributed by atoms with E-state index in [9.17, 15) is 9.59 Å². The van der Waals surface area contributed by atoms with E-state index in [1.54, 1.807) is 4.57 Å². The van der Waals surface area contributed by atoms with Crippen molar-refractivity contribution in [2.75, 3.05) is 5.75 Å². The van der Waals surface area contributed by atoms with Gasteiger partial charge in [0, 0.05) is 18.2 Å². The molecule has 2 N–H and O–H groups in total. The Bertz CT molecular complexity index is 777. The van der Waals surface area contributed by atoms with E-state index in [1.165, 1.54) is 30.8 Å². The number of nitrogens with one attached hydrogen (secondary N) is 2. The number of aromatic nitrogens is 4. The van der Waals surface area contributed by atoms with E-state index in [4.69, 9.17) is 0 Å². The second-order valence-electron chi connectivity index (χ2n) is 5.92. The first-order valence-electron chi connectivity index (χ1n) is 7.60. The van der Waals surface area contributed by atoms with Gasteiger partial charge < -0.3 is 5.32 Å². The van der Waals surface area contributed by atoms with Crippen molar-refractivity contribution >= 4 is 28.7 Å². The van der Waals surface area contributed by atoms with E-state index >= 15 is 0 Å². The Morgan fingerprint density at radius 1 is 1.45 bits per heavy atom. The van der Waals surface area contributed by atoms with Gasteiger partial charge in [-0.15, -0.1) is 0 Å². The van der Waals surface area contributed by atoms with Crippen LogP contribution in [0.2, 0.25) is 0 Å². The van der Waals surface area contributed by atoms with Gasteiger partial charge in [-0.25, -0.2) is 4.98 Å². The molecule has 4 rings (SSSR count). The van der Waals surface area contributed by atoms with E-state index in [-0.39, 0.29) is 17.5 Å². The van der Waals surface area contributed by atoms with E-state index in [2.05, 4.69) is 20.5 Å². The molecule has 2 aromatic rings. The molecular weight excluding hydrogens is 302 g/mol. The number of hydrogen-bond donors (Lipinski definition) is 2. The third-order valence-corrected chi connectivity index (χ3v) is 5.49. The molecule has 7 nitrogen and oxygen atoms in total. The molecule has 1 fully saturated rings. The van der Waals surface area contributed by atoms with Gasteiger partial charge in [0.1, 0.15) is 5.39 Å². The minimum absolute atomic E-state index is 0.0320. The number of fused-ring (bicyclic) bond motifs is 2. The van der Waals surface area contributed by atoms with Crippen molar-refractivity contribution < 1.29 is 4.79 Å². The van der Waals surface area contributed by atoms with Crippen molar-refractivity contribution in [1.29, 1.82) is 0 Å². The summed E-state index contributed by atoms with van der Waals surface area (Å²) >= 11 is 1.52. The lowest BCUT2D eigenvalue weighted by Crippen LogP contribution is -2.35. The van der Waals surface area contributed by atoms with Gasteiger partial charge in [-0.2, -0.15) is 5.10 Å². The molecule has 0 aromatic carbocycles. The third-order valence-electron chi connectivity index (χ3n) is 4.39. The Balaban J connectivity index is 1.56. The third kappa shape index (κ3) is 2.31. The summed E-state index contributed by atoms with van der Waals surface area (Å²) in [6.45, 7) is 0. The topological polar surface area (TPSA) is 92.7 Å². The predicted molar refractivity (Wildman–Crippen MR) is 82.9 cm³/mol. The van der Waals surface area contributed by atoms with Crippen LogP contribution in [-0.2, 0) is 4.79 Å². The van der Waals surface area contributed by atoms with Crippen molar-refractivity contribution in [2.45, 2.75) is 49.3 Å². The Kier molecular flexibility index (Phi) is 3.40. The van der Waals surface area contributed by atoms with Crippen LogP contribution in [-0.4, -0.2) is 37.5 Å². The minimum atomic E-state index is -0.124. The van der Waals surface area contributed by atoms with Gasteiger partial charge >= 0.3 is 0 Å². The quantitative estimate of drug-likeness (QED) is 0.830. The van der Waals surface area contributed by atoms with Crippen LogP contribution in [0.4, 0.5) is 0 Å². The van der Waals surface area contributed by atoms with E-state index in [0.29, 0.717) is 34.4 Å². The lowest BCUT2D eigenvalue weighted by atomic mass is 10.2. The summed E-state index contributed by atoms with van der Waals surface area (Å²) in [5, 5.41) is 10.8. The molecular formula is C14H17N5O2S. The number of carbonyl (C=O) groups excluding carboxylic acids is 1. The van der Waals surface area contributed by atoms with E-state index in [0.717, 1.165) is 12.8 Å². The van der Waals surface area contributed by atoms with Crippen LogP contribution in [0.5, 0.6) is 0 Å². The second-order valence-corrected chi connectivity index (χ2v) is 6.91. The Hall–Kier alpha value is -1.83. The number of thioether (sulfide) groups is 1. The number of carbonyl (C=O) groups is 1. The van der Waals surface area contributed by atoms with E-state index in [1.807, 2.05) is 0 Å². The molecule has 1 amide bonds. The number of rotatable bonds is 3. The van der Waals surface area contributed by atoms with Gasteiger partial charge in [0.05, 0.1) is 12.2 Å². The number of aromatic amines is 1. The largest absolute Gasteiger partial charge is 0.353 e. The predicted octanol–water partition coefficient (Wildman–Crippen LogP) is 1.22. The molecule has 22 heavy (non-hydrogen) atoms. The molecule has 1 aliphatic carbocycles. The van der Waals surface area contributed by atoms with Crippen molar-refractivity contribution in [1.82, 2.24) is 25.1 Å². The van der Waals surface area contributed by atoms with Crippen molar-refractivity contribution in [3.05, 3.63) is 16.6 Å². The smallest absolute Gasteiger partial charge is 0.265 e. The lowest BCUT2D eigenvalue weighted by molar-refractivity contribution is -0.122. The summed E-state index contributed by atoms with van der Waals surface area (Å²) in [7, 11) is 0. The fourth-order valence-electron chi connectivity index (χ4n) is 3.28. The Morgan fingerprint density at radius 2 is 2.27 bits per heavy atom.